The highest BCUT2D eigenvalue weighted by Gasteiger charge is 2.38. The zero-order chi connectivity index (χ0) is 23.0. The van der Waals surface area contributed by atoms with E-state index in [1.54, 1.807) is 18.2 Å². The monoisotopic (exact) mass is 455 g/mol. The molecule has 2 aromatic carbocycles. The van der Waals surface area contributed by atoms with Crippen LogP contribution in [-0.2, 0) is 26.0 Å². The first-order valence-corrected chi connectivity index (χ1v) is 12.4. The molecule has 2 heterocycles. The zero-order valence-electron chi connectivity index (χ0n) is 18.7. The molecule has 2 amide bonds. The smallest absolute Gasteiger partial charge is 0.247 e. The summed E-state index contributed by atoms with van der Waals surface area (Å²) in [5.74, 6) is -0.542. The van der Waals surface area contributed by atoms with Crippen LogP contribution in [0, 0.1) is 13.8 Å². The molecule has 1 atom stereocenters. The first-order valence-electron chi connectivity index (χ1n) is 11.0. The number of hydrogen-bond donors (Lipinski definition) is 1. The predicted molar refractivity (Wildman–Crippen MR) is 124 cm³/mol. The van der Waals surface area contributed by atoms with Crippen LogP contribution in [0.25, 0.3) is 0 Å². The highest BCUT2D eigenvalue weighted by atomic mass is 32.2. The number of hydrogen-bond acceptors (Lipinski definition) is 4. The number of carbonyl (C=O) groups excluding carboxylic acids is 2. The molecule has 0 aliphatic carbocycles. The van der Waals surface area contributed by atoms with Crippen LogP contribution in [0.5, 0.6) is 0 Å². The summed E-state index contributed by atoms with van der Waals surface area (Å²) in [5, 5.41) is 2.94. The van der Waals surface area contributed by atoms with Crippen molar-refractivity contribution in [3.63, 3.8) is 0 Å². The molecule has 7 nitrogen and oxygen atoms in total. The number of sulfonamides is 1. The molecule has 1 N–H and O–H groups in total. The molecule has 4 rings (SSSR count). The van der Waals surface area contributed by atoms with Gasteiger partial charge in [0.05, 0.1) is 4.90 Å². The molecule has 1 fully saturated rings. The number of carbonyl (C=O) groups is 2. The fourth-order valence-electron chi connectivity index (χ4n) is 4.61. The molecule has 8 heteroatoms. The first kappa shape index (κ1) is 22.5. The van der Waals surface area contributed by atoms with E-state index in [0.717, 1.165) is 30.4 Å². The lowest BCUT2D eigenvalue weighted by Crippen LogP contribution is -2.44. The minimum atomic E-state index is -3.59. The molecular formula is C24H29N3O4S. The van der Waals surface area contributed by atoms with Crippen molar-refractivity contribution < 1.29 is 18.0 Å². The standard InChI is InChI=1S/C24H29N3O4S/c1-16-7-9-21(17(2)13-16)25-24(29)23-15-19-14-20(8-10-22(19)27(23)18(3)28)32(30,31)26-11-5-4-6-12-26/h7-10,13-14,23H,4-6,11-12,15H2,1-3H3,(H,25,29)/t23-/m0/s1. The minimum Gasteiger partial charge on any atom is -0.324 e. The van der Waals surface area contributed by atoms with Gasteiger partial charge in [-0.25, -0.2) is 8.42 Å². The summed E-state index contributed by atoms with van der Waals surface area (Å²) in [6, 6.07) is 9.86. The lowest BCUT2D eigenvalue weighted by atomic mass is 10.1. The first-order chi connectivity index (χ1) is 15.2. The lowest BCUT2D eigenvalue weighted by molar-refractivity contribution is -0.122. The van der Waals surface area contributed by atoms with Gasteiger partial charge in [-0.15, -0.1) is 0 Å². The van der Waals surface area contributed by atoms with Gasteiger partial charge in [-0.05, 0) is 62.1 Å². The molecule has 0 radical (unpaired) electrons. The second-order valence-corrected chi connectivity index (χ2v) is 10.6. The van der Waals surface area contributed by atoms with Crippen molar-refractivity contribution in [2.45, 2.75) is 57.4 Å². The maximum absolute atomic E-state index is 13.1. The van der Waals surface area contributed by atoms with E-state index in [9.17, 15) is 18.0 Å². The van der Waals surface area contributed by atoms with Crippen molar-refractivity contribution in [3.05, 3.63) is 53.1 Å². The molecule has 2 aromatic rings. The summed E-state index contributed by atoms with van der Waals surface area (Å²) in [4.78, 5) is 27.3. The average molecular weight is 456 g/mol. The summed E-state index contributed by atoms with van der Waals surface area (Å²) in [7, 11) is -3.59. The van der Waals surface area contributed by atoms with Gasteiger partial charge in [0, 0.05) is 37.8 Å². The van der Waals surface area contributed by atoms with Gasteiger partial charge in [0.15, 0.2) is 0 Å². The Hall–Kier alpha value is -2.71. The summed E-state index contributed by atoms with van der Waals surface area (Å²) in [6.45, 7) is 6.39. The van der Waals surface area contributed by atoms with Gasteiger partial charge < -0.3 is 5.32 Å². The molecular weight excluding hydrogens is 426 g/mol. The SMILES string of the molecule is CC(=O)N1c2ccc(S(=O)(=O)N3CCCCC3)cc2C[C@H]1C(=O)Nc1ccc(C)cc1C. The Morgan fingerprint density at radius 3 is 2.38 bits per heavy atom. The van der Waals surface area contributed by atoms with Crippen LogP contribution >= 0.6 is 0 Å². The highest BCUT2D eigenvalue weighted by molar-refractivity contribution is 7.89. The van der Waals surface area contributed by atoms with E-state index >= 15 is 0 Å². The maximum Gasteiger partial charge on any atom is 0.247 e. The van der Waals surface area contributed by atoms with Crippen LogP contribution in [0.2, 0.25) is 0 Å². The largest absolute Gasteiger partial charge is 0.324 e. The van der Waals surface area contributed by atoms with Crippen LogP contribution in [-0.4, -0.2) is 43.7 Å². The van der Waals surface area contributed by atoms with Gasteiger partial charge >= 0.3 is 0 Å². The Morgan fingerprint density at radius 1 is 1.00 bits per heavy atom. The molecule has 2 aliphatic rings. The van der Waals surface area contributed by atoms with Crippen molar-refractivity contribution in [3.8, 4) is 0 Å². The van der Waals surface area contributed by atoms with Gasteiger partial charge in [0.2, 0.25) is 21.8 Å². The number of piperidine rings is 1. The fourth-order valence-corrected chi connectivity index (χ4v) is 6.18. The van der Waals surface area contributed by atoms with E-state index < -0.39 is 16.1 Å². The highest BCUT2D eigenvalue weighted by Crippen LogP contribution is 2.35. The van der Waals surface area contributed by atoms with Gasteiger partial charge in [-0.2, -0.15) is 4.31 Å². The van der Waals surface area contributed by atoms with Crippen LogP contribution in [0.4, 0.5) is 11.4 Å². The number of amides is 2. The van der Waals surface area contributed by atoms with E-state index in [1.807, 2.05) is 32.0 Å². The predicted octanol–water partition coefficient (Wildman–Crippen LogP) is 3.39. The summed E-state index contributed by atoms with van der Waals surface area (Å²) >= 11 is 0. The molecule has 0 unspecified atom stereocenters. The Labute approximate surface area is 189 Å². The van der Waals surface area contributed by atoms with E-state index in [0.29, 0.717) is 30.0 Å². The molecule has 0 spiro atoms. The average Bonchev–Trinajstić information content (AvgIpc) is 3.15. The Bertz CT molecular complexity index is 1170. The minimum absolute atomic E-state index is 0.220. The number of fused-ring (bicyclic) bond motifs is 1. The number of aryl methyl sites for hydroxylation is 2. The van der Waals surface area contributed by atoms with Gasteiger partial charge in [0.25, 0.3) is 0 Å². The summed E-state index contributed by atoms with van der Waals surface area (Å²) in [5.41, 5.74) is 4.03. The Kier molecular flexibility index (Phi) is 6.09. The van der Waals surface area contributed by atoms with Crippen LogP contribution < -0.4 is 10.2 Å². The maximum atomic E-state index is 13.1. The van der Waals surface area contributed by atoms with E-state index in [2.05, 4.69) is 5.32 Å². The van der Waals surface area contributed by atoms with Gasteiger partial charge in [0.1, 0.15) is 6.04 Å². The quantitative estimate of drug-likeness (QED) is 0.766. The normalized spacial score (nSPS) is 19.0. The molecule has 2 aliphatic heterocycles. The number of nitrogens with zero attached hydrogens (tertiary/aromatic N) is 2. The molecule has 170 valence electrons. The van der Waals surface area contributed by atoms with Crippen molar-refractivity contribution >= 4 is 33.2 Å². The number of benzene rings is 2. The van der Waals surface area contributed by atoms with E-state index in [1.165, 1.54) is 16.1 Å². The third kappa shape index (κ3) is 4.17. The Morgan fingerprint density at radius 2 is 1.72 bits per heavy atom. The second kappa shape index (κ2) is 8.67. The lowest BCUT2D eigenvalue weighted by Gasteiger charge is -2.26. The molecule has 1 saturated heterocycles. The van der Waals surface area contributed by atoms with Crippen molar-refractivity contribution in [2.75, 3.05) is 23.3 Å². The Balaban J connectivity index is 1.61. The zero-order valence-corrected chi connectivity index (χ0v) is 19.5. The number of anilines is 2. The molecule has 0 aromatic heterocycles. The van der Waals surface area contributed by atoms with Gasteiger partial charge in [-0.3, -0.25) is 14.5 Å². The summed E-state index contributed by atoms with van der Waals surface area (Å²) in [6.07, 6.45) is 3.04. The van der Waals surface area contributed by atoms with E-state index in [4.69, 9.17) is 0 Å². The third-order valence-electron chi connectivity index (χ3n) is 6.27. The number of nitrogens with one attached hydrogen (secondary N) is 1. The molecule has 0 bridgehead atoms. The van der Waals surface area contributed by atoms with Crippen LogP contribution in [0.3, 0.4) is 0 Å². The topological polar surface area (TPSA) is 86.8 Å². The summed E-state index contributed by atoms with van der Waals surface area (Å²) < 4.78 is 27.7. The van der Waals surface area contributed by atoms with Crippen molar-refractivity contribution in [1.29, 1.82) is 0 Å². The molecule has 0 saturated carbocycles. The van der Waals surface area contributed by atoms with E-state index in [-0.39, 0.29) is 23.1 Å². The molecule has 32 heavy (non-hydrogen) atoms. The van der Waals surface area contributed by atoms with Crippen molar-refractivity contribution in [1.82, 2.24) is 4.31 Å². The van der Waals surface area contributed by atoms with Gasteiger partial charge in [-0.1, -0.05) is 24.1 Å². The van der Waals surface area contributed by atoms with Crippen LogP contribution in [0.1, 0.15) is 42.9 Å². The van der Waals surface area contributed by atoms with Crippen molar-refractivity contribution in [2.24, 2.45) is 0 Å². The number of rotatable bonds is 4. The van der Waals surface area contributed by atoms with Crippen LogP contribution in [0.15, 0.2) is 41.3 Å². The second-order valence-electron chi connectivity index (χ2n) is 8.67. The third-order valence-corrected chi connectivity index (χ3v) is 8.16. The fraction of sp³-hybridized carbons (Fsp3) is 0.417.